The van der Waals surface area contributed by atoms with Crippen molar-refractivity contribution in [2.75, 3.05) is 24.7 Å². The van der Waals surface area contributed by atoms with E-state index in [1.165, 1.54) is 0 Å². The molecular weight excluding hydrogens is 276 g/mol. The van der Waals surface area contributed by atoms with Crippen molar-refractivity contribution >= 4 is 21.4 Å². The van der Waals surface area contributed by atoms with Crippen LogP contribution in [0.4, 0.5) is 5.69 Å². The first kappa shape index (κ1) is 16.5. The van der Waals surface area contributed by atoms with Crippen LogP contribution in [0.3, 0.4) is 0 Å². The third-order valence-electron chi connectivity index (χ3n) is 3.20. The summed E-state index contributed by atoms with van der Waals surface area (Å²) in [5.41, 5.74) is 0.727. The number of anilines is 1. The summed E-state index contributed by atoms with van der Waals surface area (Å²) in [4.78, 5) is 13.9. The summed E-state index contributed by atoms with van der Waals surface area (Å²) >= 11 is 0. The minimum Gasteiger partial charge on any atom is -0.374 e. The molecule has 0 aliphatic carbocycles. The van der Waals surface area contributed by atoms with Crippen molar-refractivity contribution in [3.8, 4) is 0 Å². The molecule has 0 saturated carbocycles. The summed E-state index contributed by atoms with van der Waals surface area (Å²) in [5.74, 6) is 0.0772. The molecule has 0 aliphatic heterocycles. The smallest absolute Gasteiger partial charge is 0.244 e. The summed E-state index contributed by atoms with van der Waals surface area (Å²) in [5, 5.41) is 3.07. The van der Waals surface area contributed by atoms with Crippen molar-refractivity contribution in [1.82, 2.24) is 4.90 Å². The van der Waals surface area contributed by atoms with Gasteiger partial charge in [0, 0.05) is 19.3 Å². The SMILES string of the molecule is CCN(C)C(=O)C(C)Nc1ccc(S(=O)(=O)CC)cc1. The molecule has 1 unspecified atom stereocenters. The highest BCUT2D eigenvalue weighted by atomic mass is 32.2. The van der Waals surface area contributed by atoms with Gasteiger partial charge in [-0.1, -0.05) is 6.92 Å². The minimum absolute atomic E-state index is 0.00208. The highest BCUT2D eigenvalue weighted by Crippen LogP contribution is 2.16. The Morgan fingerprint density at radius 2 is 1.80 bits per heavy atom. The molecule has 6 heteroatoms. The van der Waals surface area contributed by atoms with Gasteiger partial charge in [0.1, 0.15) is 6.04 Å². The second-order valence-electron chi connectivity index (χ2n) is 4.65. The van der Waals surface area contributed by atoms with Gasteiger partial charge in [0.15, 0.2) is 9.84 Å². The number of nitrogens with zero attached hydrogens (tertiary/aromatic N) is 1. The van der Waals surface area contributed by atoms with Gasteiger partial charge in [-0.3, -0.25) is 4.79 Å². The van der Waals surface area contributed by atoms with Gasteiger partial charge in [-0.25, -0.2) is 8.42 Å². The maximum Gasteiger partial charge on any atom is 0.244 e. The van der Waals surface area contributed by atoms with E-state index in [0.717, 1.165) is 5.69 Å². The molecule has 112 valence electrons. The van der Waals surface area contributed by atoms with Crippen LogP contribution in [0, 0.1) is 0 Å². The molecule has 1 rings (SSSR count). The number of hydrogen-bond donors (Lipinski definition) is 1. The Morgan fingerprint density at radius 3 is 2.25 bits per heavy atom. The average Bonchev–Trinajstić information content (AvgIpc) is 2.46. The number of nitrogens with one attached hydrogen (secondary N) is 1. The zero-order chi connectivity index (χ0) is 15.3. The molecule has 0 heterocycles. The lowest BCUT2D eigenvalue weighted by atomic mass is 10.2. The van der Waals surface area contributed by atoms with Crippen LogP contribution in [0.1, 0.15) is 20.8 Å². The van der Waals surface area contributed by atoms with E-state index in [1.54, 1.807) is 50.1 Å². The lowest BCUT2D eigenvalue weighted by Gasteiger charge is -2.21. The van der Waals surface area contributed by atoms with Crippen molar-refractivity contribution in [2.45, 2.75) is 31.7 Å². The van der Waals surface area contributed by atoms with E-state index in [9.17, 15) is 13.2 Å². The average molecular weight is 298 g/mol. The molecule has 1 aromatic carbocycles. The first-order valence-corrected chi connectivity index (χ1v) is 8.31. The second kappa shape index (κ2) is 6.74. The highest BCUT2D eigenvalue weighted by molar-refractivity contribution is 7.91. The quantitative estimate of drug-likeness (QED) is 0.869. The maximum atomic E-state index is 11.9. The van der Waals surface area contributed by atoms with Crippen LogP contribution in [0.15, 0.2) is 29.2 Å². The van der Waals surface area contributed by atoms with Crippen LogP contribution in [0.2, 0.25) is 0 Å². The van der Waals surface area contributed by atoms with Crippen LogP contribution >= 0.6 is 0 Å². The van der Waals surface area contributed by atoms with Crippen molar-refractivity contribution < 1.29 is 13.2 Å². The standard InChI is InChI=1S/C14H22N2O3S/c1-5-16(4)14(17)11(3)15-12-7-9-13(10-8-12)20(18,19)6-2/h7-11,15H,5-6H2,1-4H3. The zero-order valence-electron chi connectivity index (χ0n) is 12.4. The molecule has 1 atom stereocenters. The summed E-state index contributed by atoms with van der Waals surface area (Å²) in [6.07, 6.45) is 0. The van der Waals surface area contributed by atoms with Gasteiger partial charge in [-0.15, -0.1) is 0 Å². The molecule has 1 aromatic rings. The third-order valence-corrected chi connectivity index (χ3v) is 4.95. The Balaban J connectivity index is 2.78. The van der Waals surface area contributed by atoms with Gasteiger partial charge in [0.05, 0.1) is 10.6 Å². The molecule has 0 spiro atoms. The number of amides is 1. The van der Waals surface area contributed by atoms with Crippen LogP contribution in [-0.4, -0.2) is 44.6 Å². The number of carbonyl (C=O) groups excluding carboxylic acids is 1. The number of rotatable bonds is 6. The van der Waals surface area contributed by atoms with Gasteiger partial charge >= 0.3 is 0 Å². The molecule has 1 amide bonds. The van der Waals surface area contributed by atoms with E-state index in [4.69, 9.17) is 0 Å². The fraction of sp³-hybridized carbons (Fsp3) is 0.500. The summed E-state index contributed by atoms with van der Waals surface area (Å²) in [6, 6.07) is 6.12. The molecular formula is C14H22N2O3S. The van der Waals surface area contributed by atoms with E-state index in [0.29, 0.717) is 11.4 Å². The molecule has 1 N–H and O–H groups in total. The largest absolute Gasteiger partial charge is 0.374 e. The summed E-state index contributed by atoms with van der Waals surface area (Å²) in [7, 11) is -1.43. The Labute approximate surface area is 120 Å². The van der Waals surface area contributed by atoms with Gasteiger partial charge < -0.3 is 10.2 Å². The predicted molar refractivity (Wildman–Crippen MR) is 80.6 cm³/mol. The molecule has 5 nitrogen and oxygen atoms in total. The van der Waals surface area contributed by atoms with Crippen molar-refractivity contribution in [3.63, 3.8) is 0 Å². The van der Waals surface area contributed by atoms with E-state index in [2.05, 4.69) is 5.32 Å². The Kier molecular flexibility index (Phi) is 5.56. The lowest BCUT2D eigenvalue weighted by molar-refractivity contribution is -0.130. The normalized spacial score (nSPS) is 12.8. The highest BCUT2D eigenvalue weighted by Gasteiger charge is 2.16. The van der Waals surface area contributed by atoms with Crippen LogP contribution in [0.5, 0.6) is 0 Å². The van der Waals surface area contributed by atoms with E-state index >= 15 is 0 Å². The van der Waals surface area contributed by atoms with Crippen molar-refractivity contribution in [1.29, 1.82) is 0 Å². The molecule has 0 aliphatic rings. The van der Waals surface area contributed by atoms with E-state index in [1.807, 2.05) is 6.92 Å². The molecule has 0 saturated heterocycles. The Morgan fingerprint density at radius 1 is 1.25 bits per heavy atom. The third kappa shape index (κ3) is 3.96. The molecule has 0 aromatic heterocycles. The van der Waals surface area contributed by atoms with E-state index < -0.39 is 9.84 Å². The fourth-order valence-electron chi connectivity index (χ4n) is 1.72. The zero-order valence-corrected chi connectivity index (χ0v) is 13.2. The topological polar surface area (TPSA) is 66.5 Å². The van der Waals surface area contributed by atoms with Crippen LogP contribution in [-0.2, 0) is 14.6 Å². The van der Waals surface area contributed by atoms with Gasteiger partial charge in [-0.2, -0.15) is 0 Å². The first-order chi connectivity index (χ1) is 9.31. The molecule has 0 bridgehead atoms. The van der Waals surface area contributed by atoms with Crippen molar-refractivity contribution in [3.05, 3.63) is 24.3 Å². The molecule has 20 heavy (non-hydrogen) atoms. The Hall–Kier alpha value is -1.56. The van der Waals surface area contributed by atoms with Gasteiger partial charge in [0.2, 0.25) is 5.91 Å². The van der Waals surface area contributed by atoms with Crippen LogP contribution in [0.25, 0.3) is 0 Å². The van der Waals surface area contributed by atoms with E-state index in [-0.39, 0.29) is 17.7 Å². The van der Waals surface area contributed by atoms with Crippen LogP contribution < -0.4 is 5.32 Å². The van der Waals surface area contributed by atoms with Gasteiger partial charge in [0.25, 0.3) is 0 Å². The number of benzene rings is 1. The minimum atomic E-state index is -3.18. The predicted octanol–water partition coefficient (Wildman–Crippen LogP) is 1.76. The maximum absolute atomic E-state index is 11.9. The number of hydrogen-bond acceptors (Lipinski definition) is 4. The lowest BCUT2D eigenvalue weighted by Crippen LogP contribution is -2.38. The Bertz CT molecular complexity index is 552. The van der Waals surface area contributed by atoms with Crippen molar-refractivity contribution in [2.24, 2.45) is 0 Å². The number of carbonyl (C=O) groups is 1. The molecule has 0 fully saturated rings. The summed E-state index contributed by atoms with van der Waals surface area (Å²) in [6.45, 7) is 5.96. The monoisotopic (exact) mass is 298 g/mol. The second-order valence-corrected chi connectivity index (χ2v) is 6.92. The first-order valence-electron chi connectivity index (χ1n) is 6.66. The molecule has 0 radical (unpaired) electrons. The van der Waals surface area contributed by atoms with Gasteiger partial charge in [-0.05, 0) is 38.1 Å². The fourth-order valence-corrected chi connectivity index (χ4v) is 2.61. The number of likely N-dealkylation sites (N-methyl/N-ethyl adjacent to an activating group) is 1. The number of sulfone groups is 1. The summed E-state index contributed by atoms with van der Waals surface area (Å²) < 4.78 is 23.4.